The number of hydrogen-bond donors (Lipinski definition) is 0. The molecular formula is C9H14O4S. The van der Waals surface area contributed by atoms with Gasteiger partial charge in [0.05, 0.1) is 6.26 Å². The maximum Gasteiger partial charge on any atom is 0.265 e. The van der Waals surface area contributed by atoms with E-state index in [4.69, 9.17) is 4.18 Å². The summed E-state index contributed by atoms with van der Waals surface area (Å²) in [4.78, 5) is 11.5. The zero-order valence-electron chi connectivity index (χ0n) is 8.10. The second kappa shape index (κ2) is 3.31. The number of Topliss-reactive ketones (excluding diaryl/α,β-unsaturated/α-hetero) is 1. The van der Waals surface area contributed by atoms with Crippen LogP contribution in [0, 0.1) is 11.8 Å². The summed E-state index contributed by atoms with van der Waals surface area (Å²) in [5.74, 6) is 0.944. The molecule has 0 amide bonds. The van der Waals surface area contributed by atoms with Crippen LogP contribution in [0.5, 0.6) is 0 Å². The Balaban J connectivity index is 2.06. The van der Waals surface area contributed by atoms with Gasteiger partial charge in [0.25, 0.3) is 10.1 Å². The van der Waals surface area contributed by atoms with E-state index in [1.807, 2.05) is 0 Å². The number of rotatable bonds is 2. The normalized spacial score (nSPS) is 37.5. The van der Waals surface area contributed by atoms with E-state index in [9.17, 15) is 13.2 Å². The highest BCUT2D eigenvalue weighted by atomic mass is 32.2. The molecule has 1 atom stereocenters. The van der Waals surface area contributed by atoms with Crippen molar-refractivity contribution in [2.24, 2.45) is 11.8 Å². The Kier molecular flexibility index (Phi) is 2.39. The van der Waals surface area contributed by atoms with Crippen molar-refractivity contribution >= 4 is 15.9 Å². The summed E-state index contributed by atoms with van der Waals surface area (Å²) in [5, 5.41) is 0. The van der Waals surface area contributed by atoms with Gasteiger partial charge in [-0.25, -0.2) is 0 Å². The zero-order chi connectivity index (χ0) is 10.3. The van der Waals surface area contributed by atoms with Gasteiger partial charge in [0, 0.05) is 6.42 Å². The van der Waals surface area contributed by atoms with Gasteiger partial charge in [-0.3, -0.25) is 8.98 Å². The second-order valence-electron chi connectivity index (χ2n) is 4.40. The Morgan fingerprint density at radius 1 is 1.21 bits per heavy atom. The first-order valence-electron chi connectivity index (χ1n) is 4.85. The van der Waals surface area contributed by atoms with Crippen LogP contribution < -0.4 is 0 Å². The number of ketones is 1. The third kappa shape index (κ3) is 2.15. The molecule has 80 valence electrons. The lowest BCUT2D eigenvalue weighted by molar-refractivity contribution is -0.125. The van der Waals surface area contributed by atoms with E-state index < -0.39 is 16.2 Å². The van der Waals surface area contributed by atoms with Crippen LogP contribution in [0.15, 0.2) is 0 Å². The third-order valence-corrected chi connectivity index (χ3v) is 3.60. The van der Waals surface area contributed by atoms with Gasteiger partial charge in [-0.05, 0) is 31.1 Å². The summed E-state index contributed by atoms with van der Waals surface area (Å²) in [6.07, 6.45) is 3.50. The van der Waals surface area contributed by atoms with Gasteiger partial charge in [0.2, 0.25) is 0 Å². The van der Waals surface area contributed by atoms with E-state index in [1.165, 1.54) is 0 Å². The molecule has 4 nitrogen and oxygen atoms in total. The summed E-state index contributed by atoms with van der Waals surface area (Å²) < 4.78 is 26.6. The first-order chi connectivity index (χ1) is 6.44. The molecular weight excluding hydrogens is 204 g/mol. The van der Waals surface area contributed by atoms with Crippen LogP contribution in [0.2, 0.25) is 0 Å². The molecule has 0 radical (unpaired) electrons. The van der Waals surface area contributed by atoms with Crippen molar-refractivity contribution in [3.63, 3.8) is 0 Å². The van der Waals surface area contributed by atoms with Gasteiger partial charge in [-0.2, -0.15) is 8.42 Å². The molecule has 2 bridgehead atoms. The lowest BCUT2D eigenvalue weighted by atomic mass is 9.74. The number of carbonyl (C=O) groups is 1. The lowest BCUT2D eigenvalue weighted by Gasteiger charge is -2.31. The van der Waals surface area contributed by atoms with Gasteiger partial charge in [-0.1, -0.05) is 0 Å². The molecule has 14 heavy (non-hydrogen) atoms. The van der Waals surface area contributed by atoms with Gasteiger partial charge in [0.1, 0.15) is 6.10 Å². The van der Waals surface area contributed by atoms with Crippen molar-refractivity contribution in [3.8, 4) is 0 Å². The van der Waals surface area contributed by atoms with E-state index in [0.717, 1.165) is 19.1 Å². The molecule has 3 aliphatic rings. The third-order valence-electron chi connectivity index (χ3n) is 3.02. The highest BCUT2D eigenvalue weighted by Gasteiger charge is 2.40. The molecule has 3 aliphatic carbocycles. The van der Waals surface area contributed by atoms with Crippen LogP contribution in [0.25, 0.3) is 0 Å². The molecule has 0 heterocycles. The van der Waals surface area contributed by atoms with E-state index in [0.29, 0.717) is 24.7 Å². The van der Waals surface area contributed by atoms with E-state index in [-0.39, 0.29) is 5.78 Å². The highest BCUT2D eigenvalue weighted by molar-refractivity contribution is 7.86. The molecule has 0 aromatic heterocycles. The fourth-order valence-corrected chi connectivity index (χ4v) is 2.99. The van der Waals surface area contributed by atoms with E-state index in [1.54, 1.807) is 0 Å². The minimum absolute atomic E-state index is 0.0413. The van der Waals surface area contributed by atoms with Crippen LogP contribution in [-0.2, 0) is 19.1 Å². The average Bonchev–Trinajstić information content (AvgIpc) is 2.14. The van der Waals surface area contributed by atoms with Crippen molar-refractivity contribution in [2.75, 3.05) is 6.26 Å². The number of fused-ring (bicyclic) bond motifs is 3. The quantitative estimate of drug-likeness (QED) is 0.641. The van der Waals surface area contributed by atoms with Crippen LogP contribution in [0.4, 0.5) is 0 Å². The predicted molar refractivity (Wildman–Crippen MR) is 50.2 cm³/mol. The van der Waals surface area contributed by atoms with Crippen LogP contribution in [0.1, 0.15) is 25.7 Å². The van der Waals surface area contributed by atoms with E-state index >= 15 is 0 Å². The zero-order valence-corrected chi connectivity index (χ0v) is 8.92. The smallest absolute Gasteiger partial charge is 0.265 e. The minimum Gasteiger partial charge on any atom is -0.297 e. The molecule has 0 spiro atoms. The monoisotopic (exact) mass is 218 g/mol. The standard InChI is InChI=1S/C9H14O4S/c1-14(11,12)13-9-5-7-2-6(3-7)4-8(9)10/h6-7,9H,2-5H2,1H3. The highest BCUT2D eigenvalue weighted by Crippen LogP contribution is 2.43. The second-order valence-corrected chi connectivity index (χ2v) is 6.00. The molecule has 0 N–H and O–H groups in total. The van der Waals surface area contributed by atoms with Gasteiger partial charge in [0.15, 0.2) is 5.78 Å². The molecule has 3 saturated carbocycles. The Morgan fingerprint density at radius 2 is 1.86 bits per heavy atom. The van der Waals surface area contributed by atoms with E-state index in [2.05, 4.69) is 0 Å². The Morgan fingerprint density at radius 3 is 2.43 bits per heavy atom. The van der Waals surface area contributed by atoms with Crippen molar-refractivity contribution in [1.82, 2.24) is 0 Å². The van der Waals surface area contributed by atoms with Crippen LogP contribution in [0.3, 0.4) is 0 Å². The lowest BCUT2D eigenvalue weighted by Crippen LogP contribution is -2.26. The maximum absolute atomic E-state index is 11.5. The SMILES string of the molecule is CS(=O)(=O)OC1CC2CC(CC1=O)C2. The molecule has 3 fully saturated rings. The topological polar surface area (TPSA) is 60.4 Å². The fraction of sp³-hybridized carbons (Fsp3) is 0.889. The first kappa shape index (κ1) is 10.1. The Labute approximate surface area is 83.8 Å². The summed E-state index contributed by atoms with van der Waals surface area (Å²) in [5.41, 5.74) is 0. The van der Waals surface area contributed by atoms with Crippen LogP contribution >= 0.6 is 0 Å². The van der Waals surface area contributed by atoms with Gasteiger partial charge >= 0.3 is 0 Å². The average molecular weight is 218 g/mol. The molecule has 1 unspecified atom stereocenters. The van der Waals surface area contributed by atoms with Gasteiger partial charge in [-0.15, -0.1) is 0 Å². The first-order valence-corrected chi connectivity index (χ1v) is 6.66. The molecule has 0 aromatic rings. The molecule has 5 heteroatoms. The number of carbonyl (C=O) groups excluding carboxylic acids is 1. The Hall–Kier alpha value is -0.420. The fourth-order valence-electron chi connectivity index (χ4n) is 2.39. The largest absolute Gasteiger partial charge is 0.297 e. The summed E-state index contributed by atoms with van der Waals surface area (Å²) in [6, 6.07) is 0. The summed E-state index contributed by atoms with van der Waals surface area (Å²) in [6.45, 7) is 0. The summed E-state index contributed by atoms with van der Waals surface area (Å²) >= 11 is 0. The van der Waals surface area contributed by atoms with Crippen molar-refractivity contribution in [1.29, 1.82) is 0 Å². The van der Waals surface area contributed by atoms with Crippen molar-refractivity contribution in [3.05, 3.63) is 0 Å². The molecule has 0 aliphatic heterocycles. The summed E-state index contributed by atoms with van der Waals surface area (Å²) in [7, 11) is -3.50. The minimum atomic E-state index is -3.50. The molecule has 0 aromatic carbocycles. The van der Waals surface area contributed by atoms with Crippen molar-refractivity contribution in [2.45, 2.75) is 31.8 Å². The van der Waals surface area contributed by atoms with Crippen LogP contribution in [-0.4, -0.2) is 26.6 Å². The van der Waals surface area contributed by atoms with Gasteiger partial charge < -0.3 is 0 Å². The molecule has 0 saturated heterocycles. The Bertz CT molecular complexity index is 340. The maximum atomic E-state index is 11.5. The van der Waals surface area contributed by atoms with Crippen molar-refractivity contribution < 1.29 is 17.4 Å². The predicted octanol–water partition coefficient (Wildman–Crippen LogP) is 0.720. The molecule has 3 rings (SSSR count). The number of hydrogen-bond acceptors (Lipinski definition) is 4.